The molecule has 0 aliphatic carbocycles. The van der Waals surface area contributed by atoms with Crippen LogP contribution in [0, 0.1) is 5.82 Å². The van der Waals surface area contributed by atoms with E-state index in [4.69, 9.17) is 11.6 Å². The van der Waals surface area contributed by atoms with E-state index in [1.54, 1.807) is 6.20 Å². The highest BCUT2D eigenvalue weighted by Crippen LogP contribution is 2.29. The molecule has 0 saturated heterocycles. The number of hydrogen-bond donors (Lipinski definition) is 1. The maximum Gasteiger partial charge on any atom is 0.141 e. The van der Waals surface area contributed by atoms with Crippen LogP contribution in [0.25, 0.3) is 10.9 Å². The summed E-state index contributed by atoms with van der Waals surface area (Å²) in [4.78, 5) is 4.25. The topological polar surface area (TPSA) is 33.1 Å². The molecule has 0 saturated carbocycles. The highest BCUT2D eigenvalue weighted by Gasteiger charge is 2.15. The molecule has 1 atom stereocenters. The molecule has 1 heterocycles. The zero-order chi connectivity index (χ0) is 14.1. The SMILES string of the molecule is OC(c1ccc(F)c(Cl)c1)c1cccc2ncccc12. The number of halogens is 2. The lowest BCUT2D eigenvalue weighted by molar-refractivity contribution is 0.222. The first-order chi connectivity index (χ1) is 9.66. The van der Waals surface area contributed by atoms with Crippen molar-refractivity contribution in [2.45, 2.75) is 6.10 Å². The Morgan fingerprint density at radius 3 is 2.75 bits per heavy atom. The Bertz CT molecular complexity index is 770. The molecule has 1 unspecified atom stereocenters. The van der Waals surface area contributed by atoms with Crippen molar-refractivity contribution in [3.05, 3.63) is 76.7 Å². The van der Waals surface area contributed by atoms with Crippen LogP contribution >= 0.6 is 11.6 Å². The second kappa shape index (κ2) is 5.19. The van der Waals surface area contributed by atoms with Crippen molar-refractivity contribution in [3.63, 3.8) is 0 Å². The fraction of sp³-hybridized carbons (Fsp3) is 0.0625. The van der Waals surface area contributed by atoms with Crippen LogP contribution in [0.15, 0.2) is 54.7 Å². The number of pyridine rings is 1. The summed E-state index contributed by atoms with van der Waals surface area (Å²) in [7, 11) is 0. The van der Waals surface area contributed by atoms with E-state index in [1.165, 1.54) is 18.2 Å². The number of rotatable bonds is 2. The van der Waals surface area contributed by atoms with Crippen molar-refractivity contribution in [3.8, 4) is 0 Å². The Hall–Kier alpha value is -1.97. The molecular formula is C16H11ClFNO. The monoisotopic (exact) mass is 287 g/mol. The number of hydrogen-bond acceptors (Lipinski definition) is 2. The molecule has 100 valence electrons. The second-order valence-electron chi connectivity index (χ2n) is 4.49. The average molecular weight is 288 g/mol. The molecule has 0 aliphatic rings. The minimum atomic E-state index is -0.874. The zero-order valence-electron chi connectivity index (χ0n) is 10.4. The van der Waals surface area contributed by atoms with Crippen molar-refractivity contribution in [2.24, 2.45) is 0 Å². The summed E-state index contributed by atoms with van der Waals surface area (Å²) in [6, 6.07) is 13.5. The summed E-state index contributed by atoms with van der Waals surface area (Å²) in [6.07, 6.45) is 0.828. The highest BCUT2D eigenvalue weighted by atomic mass is 35.5. The smallest absolute Gasteiger partial charge is 0.141 e. The zero-order valence-corrected chi connectivity index (χ0v) is 11.2. The Labute approximate surface area is 120 Å². The van der Waals surface area contributed by atoms with E-state index < -0.39 is 11.9 Å². The first kappa shape index (κ1) is 13.0. The normalized spacial score (nSPS) is 12.6. The Morgan fingerprint density at radius 1 is 1.10 bits per heavy atom. The van der Waals surface area contributed by atoms with Crippen molar-refractivity contribution in [1.29, 1.82) is 0 Å². The van der Waals surface area contributed by atoms with Crippen LogP contribution in [-0.4, -0.2) is 10.1 Å². The predicted molar refractivity (Wildman–Crippen MR) is 77.2 cm³/mol. The fourth-order valence-corrected chi connectivity index (χ4v) is 2.42. The van der Waals surface area contributed by atoms with Gasteiger partial charge in [-0.2, -0.15) is 0 Å². The Morgan fingerprint density at radius 2 is 1.95 bits per heavy atom. The molecule has 0 radical (unpaired) electrons. The lowest BCUT2D eigenvalue weighted by atomic mass is 9.97. The van der Waals surface area contributed by atoms with E-state index in [2.05, 4.69) is 4.98 Å². The molecule has 3 rings (SSSR count). The third-order valence-electron chi connectivity index (χ3n) is 3.23. The quantitative estimate of drug-likeness (QED) is 0.769. The van der Waals surface area contributed by atoms with Gasteiger partial charge in [-0.3, -0.25) is 4.98 Å². The second-order valence-corrected chi connectivity index (χ2v) is 4.90. The minimum Gasteiger partial charge on any atom is -0.384 e. The average Bonchev–Trinajstić information content (AvgIpc) is 2.49. The molecule has 20 heavy (non-hydrogen) atoms. The van der Waals surface area contributed by atoms with Gasteiger partial charge in [0.2, 0.25) is 0 Å². The summed E-state index contributed by atoms with van der Waals surface area (Å²) in [5.74, 6) is -0.498. The van der Waals surface area contributed by atoms with Crippen molar-refractivity contribution >= 4 is 22.5 Å². The van der Waals surface area contributed by atoms with Gasteiger partial charge in [-0.15, -0.1) is 0 Å². The van der Waals surface area contributed by atoms with E-state index in [0.29, 0.717) is 5.56 Å². The van der Waals surface area contributed by atoms with E-state index >= 15 is 0 Å². The standard InChI is InChI=1S/C16H11ClFNO/c17-13-9-10(6-7-14(13)18)16(20)12-3-1-5-15-11(12)4-2-8-19-15/h1-9,16,20H. The van der Waals surface area contributed by atoms with Gasteiger partial charge in [-0.25, -0.2) is 4.39 Å². The molecule has 0 fully saturated rings. The third kappa shape index (κ3) is 2.26. The Kier molecular flexibility index (Phi) is 3.38. The van der Waals surface area contributed by atoms with Gasteiger partial charge in [0.25, 0.3) is 0 Å². The van der Waals surface area contributed by atoms with Gasteiger partial charge in [0.1, 0.15) is 11.9 Å². The maximum absolute atomic E-state index is 13.2. The van der Waals surface area contributed by atoms with Crippen LogP contribution in [0.5, 0.6) is 0 Å². The molecule has 0 bridgehead atoms. The van der Waals surface area contributed by atoms with Gasteiger partial charge < -0.3 is 5.11 Å². The number of nitrogens with zero attached hydrogens (tertiary/aromatic N) is 1. The molecular weight excluding hydrogens is 277 g/mol. The van der Waals surface area contributed by atoms with Crippen LogP contribution in [0.4, 0.5) is 4.39 Å². The van der Waals surface area contributed by atoms with E-state index in [9.17, 15) is 9.50 Å². The molecule has 2 aromatic carbocycles. The number of benzene rings is 2. The summed E-state index contributed by atoms with van der Waals surface area (Å²) in [5.41, 5.74) is 2.07. The Balaban J connectivity index is 2.12. The first-order valence-corrected chi connectivity index (χ1v) is 6.51. The third-order valence-corrected chi connectivity index (χ3v) is 3.52. The lowest BCUT2D eigenvalue weighted by Crippen LogP contribution is -2.01. The summed E-state index contributed by atoms with van der Waals surface area (Å²) >= 11 is 5.77. The molecule has 1 N–H and O–H groups in total. The fourth-order valence-electron chi connectivity index (χ4n) is 2.23. The lowest BCUT2D eigenvalue weighted by Gasteiger charge is -2.14. The van der Waals surface area contributed by atoms with Crippen molar-refractivity contribution in [2.75, 3.05) is 0 Å². The number of fused-ring (bicyclic) bond motifs is 1. The van der Waals surface area contributed by atoms with Gasteiger partial charge in [0.05, 0.1) is 10.5 Å². The summed E-state index contributed by atoms with van der Waals surface area (Å²) in [6.45, 7) is 0. The first-order valence-electron chi connectivity index (χ1n) is 6.13. The van der Waals surface area contributed by atoms with Gasteiger partial charge in [-0.05, 0) is 35.4 Å². The number of aromatic nitrogens is 1. The largest absolute Gasteiger partial charge is 0.384 e. The van der Waals surface area contributed by atoms with Crippen LogP contribution in [0.2, 0.25) is 5.02 Å². The molecule has 0 spiro atoms. The maximum atomic E-state index is 13.2. The van der Waals surface area contributed by atoms with Crippen LogP contribution in [0.1, 0.15) is 17.2 Å². The highest BCUT2D eigenvalue weighted by molar-refractivity contribution is 6.30. The van der Waals surface area contributed by atoms with E-state index in [0.717, 1.165) is 16.5 Å². The van der Waals surface area contributed by atoms with Crippen LogP contribution < -0.4 is 0 Å². The van der Waals surface area contributed by atoms with Gasteiger partial charge in [0, 0.05) is 11.6 Å². The van der Waals surface area contributed by atoms with Crippen molar-refractivity contribution < 1.29 is 9.50 Å². The predicted octanol–water partition coefficient (Wildman–Crippen LogP) is 4.11. The van der Waals surface area contributed by atoms with Crippen LogP contribution in [-0.2, 0) is 0 Å². The number of aliphatic hydroxyl groups excluding tert-OH is 1. The minimum absolute atomic E-state index is 0.0000818. The van der Waals surface area contributed by atoms with Gasteiger partial charge >= 0.3 is 0 Å². The van der Waals surface area contributed by atoms with E-state index in [-0.39, 0.29) is 5.02 Å². The number of aliphatic hydroxyl groups is 1. The summed E-state index contributed by atoms with van der Waals surface area (Å²) < 4.78 is 13.2. The molecule has 0 aliphatic heterocycles. The van der Waals surface area contributed by atoms with E-state index in [1.807, 2.05) is 30.3 Å². The molecule has 1 aromatic heterocycles. The van der Waals surface area contributed by atoms with Gasteiger partial charge in [-0.1, -0.05) is 35.9 Å². The molecule has 2 nitrogen and oxygen atoms in total. The van der Waals surface area contributed by atoms with Gasteiger partial charge in [0.15, 0.2) is 0 Å². The summed E-state index contributed by atoms with van der Waals surface area (Å²) in [5, 5.41) is 11.4. The molecule has 4 heteroatoms. The molecule has 3 aromatic rings. The molecule has 0 amide bonds. The van der Waals surface area contributed by atoms with Crippen molar-refractivity contribution in [1.82, 2.24) is 4.98 Å². The van der Waals surface area contributed by atoms with Crippen LogP contribution in [0.3, 0.4) is 0 Å².